The van der Waals surface area contributed by atoms with Crippen LogP contribution in [0.25, 0.3) is 22.3 Å². The van der Waals surface area contributed by atoms with Crippen LogP contribution in [0.1, 0.15) is 13.8 Å². The molecule has 0 saturated heterocycles. The molecule has 0 aliphatic rings. The summed E-state index contributed by atoms with van der Waals surface area (Å²) >= 11 is 0. The zero-order valence-corrected chi connectivity index (χ0v) is 18.9. The van der Waals surface area contributed by atoms with E-state index in [0.29, 0.717) is 17.9 Å². The Morgan fingerprint density at radius 3 is 2.22 bits per heavy atom. The smallest absolute Gasteiger partial charge is 0.239 e. The van der Waals surface area contributed by atoms with Crippen molar-refractivity contribution < 1.29 is 33.2 Å². The molecule has 8 heteroatoms. The molecule has 32 heavy (non-hydrogen) atoms. The molecule has 3 rings (SSSR count). The summed E-state index contributed by atoms with van der Waals surface area (Å²) in [6, 6.07) is 6.15. The van der Waals surface area contributed by atoms with E-state index in [2.05, 4.69) is 0 Å². The van der Waals surface area contributed by atoms with Gasteiger partial charge in [-0.25, -0.2) is 0 Å². The minimum Gasteiger partial charge on any atom is -0.504 e. The van der Waals surface area contributed by atoms with Crippen LogP contribution in [0.4, 0.5) is 0 Å². The van der Waals surface area contributed by atoms with Crippen LogP contribution in [0.2, 0.25) is 0 Å². The van der Waals surface area contributed by atoms with Crippen LogP contribution in [-0.2, 0) is 0 Å². The van der Waals surface area contributed by atoms with Crippen molar-refractivity contribution in [3.63, 3.8) is 0 Å². The van der Waals surface area contributed by atoms with Gasteiger partial charge in [-0.2, -0.15) is 0 Å². The van der Waals surface area contributed by atoms with Crippen LogP contribution in [0.3, 0.4) is 0 Å². The zero-order chi connectivity index (χ0) is 23.4. The molecule has 1 N–H and O–H groups in total. The van der Waals surface area contributed by atoms with E-state index in [1.165, 1.54) is 34.5 Å². The van der Waals surface area contributed by atoms with Crippen LogP contribution in [0.15, 0.2) is 45.1 Å². The molecule has 1 aromatic heterocycles. The van der Waals surface area contributed by atoms with Gasteiger partial charge in [-0.3, -0.25) is 4.79 Å². The maximum Gasteiger partial charge on any atom is 0.239 e. The normalized spacial score (nSPS) is 10.6. The van der Waals surface area contributed by atoms with Gasteiger partial charge in [-0.05, 0) is 38.1 Å². The molecular weight excluding hydrogens is 416 g/mol. The average Bonchev–Trinajstić information content (AvgIpc) is 2.78. The summed E-state index contributed by atoms with van der Waals surface area (Å²) in [5.74, 6) is 1.15. The van der Waals surface area contributed by atoms with Crippen molar-refractivity contribution in [2.75, 3.05) is 35.0 Å². The van der Waals surface area contributed by atoms with Crippen LogP contribution in [0, 0.1) is 0 Å². The third kappa shape index (κ3) is 4.16. The van der Waals surface area contributed by atoms with E-state index in [4.69, 9.17) is 28.1 Å². The summed E-state index contributed by atoms with van der Waals surface area (Å²) < 4.78 is 33.6. The van der Waals surface area contributed by atoms with E-state index < -0.39 is 5.43 Å². The van der Waals surface area contributed by atoms with Gasteiger partial charge < -0.3 is 33.2 Å². The van der Waals surface area contributed by atoms with E-state index >= 15 is 0 Å². The van der Waals surface area contributed by atoms with E-state index in [1.54, 1.807) is 18.2 Å². The molecule has 1 heterocycles. The molecule has 0 radical (unpaired) electrons. The lowest BCUT2D eigenvalue weighted by Gasteiger charge is -2.16. The maximum absolute atomic E-state index is 13.4. The number of methoxy groups -OCH3 is 4. The fourth-order valence-electron chi connectivity index (χ4n) is 3.23. The van der Waals surface area contributed by atoms with E-state index in [9.17, 15) is 9.90 Å². The van der Waals surface area contributed by atoms with E-state index in [-0.39, 0.29) is 45.5 Å². The second-order valence-corrected chi connectivity index (χ2v) is 7.09. The lowest BCUT2D eigenvalue weighted by atomic mass is 10.1. The predicted octanol–water partition coefficient (Wildman–Crippen LogP) is 4.55. The molecule has 0 amide bonds. The zero-order valence-electron chi connectivity index (χ0n) is 18.9. The van der Waals surface area contributed by atoms with Crippen LogP contribution >= 0.6 is 0 Å². The summed E-state index contributed by atoms with van der Waals surface area (Å²) in [6.07, 6.45) is 1.91. The number of fused-ring (bicyclic) bond motifs is 1. The highest BCUT2D eigenvalue weighted by molar-refractivity contribution is 5.93. The summed E-state index contributed by atoms with van der Waals surface area (Å²) in [4.78, 5) is 13.4. The van der Waals surface area contributed by atoms with Crippen LogP contribution in [-0.4, -0.2) is 40.2 Å². The van der Waals surface area contributed by atoms with Crippen molar-refractivity contribution in [1.29, 1.82) is 0 Å². The van der Waals surface area contributed by atoms with Gasteiger partial charge in [0.15, 0.2) is 28.6 Å². The number of aromatic hydroxyl groups is 1. The van der Waals surface area contributed by atoms with Crippen molar-refractivity contribution in [2.24, 2.45) is 0 Å². The number of ether oxygens (including phenoxy) is 5. The third-order valence-corrected chi connectivity index (χ3v) is 4.81. The van der Waals surface area contributed by atoms with Gasteiger partial charge in [-0.15, -0.1) is 0 Å². The van der Waals surface area contributed by atoms with Crippen molar-refractivity contribution >= 4 is 11.0 Å². The minimum atomic E-state index is -0.443. The molecule has 0 unspecified atom stereocenters. The number of phenolic OH excluding ortho intramolecular Hbond substituents is 1. The molecule has 0 spiro atoms. The van der Waals surface area contributed by atoms with Gasteiger partial charge in [0.05, 0.1) is 28.4 Å². The Bertz CT molecular complexity index is 1220. The van der Waals surface area contributed by atoms with Gasteiger partial charge in [-0.1, -0.05) is 5.57 Å². The van der Waals surface area contributed by atoms with Crippen molar-refractivity contribution in [1.82, 2.24) is 0 Å². The van der Waals surface area contributed by atoms with Gasteiger partial charge in [0.1, 0.15) is 17.7 Å². The molecule has 8 nitrogen and oxygen atoms in total. The highest BCUT2D eigenvalue weighted by Crippen LogP contribution is 2.44. The predicted molar refractivity (Wildman–Crippen MR) is 121 cm³/mol. The standard InChI is InChI=1S/C24H26O8/c1-13(2)9-10-31-18-12-17(28-4)19-20(26)24(30-6)21(32-23(19)22(18)29-5)14-7-8-15(25)16(11-14)27-3/h7-9,11-12,25H,10H2,1-6H3. The van der Waals surface area contributed by atoms with E-state index in [0.717, 1.165) is 5.57 Å². The lowest BCUT2D eigenvalue weighted by molar-refractivity contribution is 0.320. The van der Waals surface area contributed by atoms with Crippen molar-refractivity contribution in [2.45, 2.75) is 13.8 Å². The molecule has 0 saturated carbocycles. The summed E-state index contributed by atoms with van der Waals surface area (Å²) in [5.41, 5.74) is 1.26. The second-order valence-electron chi connectivity index (χ2n) is 7.09. The molecular formula is C24H26O8. The molecule has 0 atom stereocenters. The molecule has 170 valence electrons. The molecule has 0 bridgehead atoms. The summed E-state index contributed by atoms with van der Waals surface area (Å²) in [7, 11) is 5.71. The SMILES string of the molecule is COc1cc(-c2oc3c(OC)c(OCC=C(C)C)cc(OC)c3c(=O)c2OC)ccc1O. The van der Waals surface area contributed by atoms with Crippen LogP contribution in [0.5, 0.6) is 34.5 Å². The Labute approximate surface area is 185 Å². The Morgan fingerprint density at radius 2 is 1.62 bits per heavy atom. The number of allylic oxidation sites excluding steroid dienone is 1. The van der Waals surface area contributed by atoms with Crippen molar-refractivity contribution in [3.8, 4) is 45.8 Å². The topological polar surface area (TPSA) is 96.6 Å². The Kier molecular flexibility index (Phi) is 6.82. The van der Waals surface area contributed by atoms with Gasteiger partial charge >= 0.3 is 0 Å². The van der Waals surface area contributed by atoms with Gasteiger partial charge in [0.2, 0.25) is 16.9 Å². The third-order valence-electron chi connectivity index (χ3n) is 4.81. The monoisotopic (exact) mass is 442 g/mol. The Balaban J connectivity index is 2.35. The summed E-state index contributed by atoms with van der Waals surface area (Å²) in [5, 5.41) is 10.1. The first-order valence-corrected chi connectivity index (χ1v) is 9.79. The highest BCUT2D eigenvalue weighted by Gasteiger charge is 2.25. The molecule has 0 aliphatic carbocycles. The average molecular weight is 442 g/mol. The number of benzene rings is 2. The van der Waals surface area contributed by atoms with Crippen molar-refractivity contribution in [3.05, 3.63) is 46.1 Å². The largest absolute Gasteiger partial charge is 0.504 e. The minimum absolute atomic E-state index is 0.0243. The Hall–Kier alpha value is -3.81. The van der Waals surface area contributed by atoms with Gasteiger partial charge in [0, 0.05) is 11.6 Å². The molecule has 0 fully saturated rings. The lowest BCUT2D eigenvalue weighted by Crippen LogP contribution is -2.10. The summed E-state index contributed by atoms with van der Waals surface area (Å²) in [6.45, 7) is 4.23. The highest BCUT2D eigenvalue weighted by atomic mass is 16.5. The number of hydrogen-bond donors (Lipinski definition) is 1. The van der Waals surface area contributed by atoms with E-state index in [1.807, 2.05) is 19.9 Å². The first-order chi connectivity index (χ1) is 15.4. The quantitative estimate of drug-likeness (QED) is 0.508. The Morgan fingerprint density at radius 1 is 0.938 bits per heavy atom. The molecule has 3 aromatic rings. The first-order valence-electron chi connectivity index (χ1n) is 9.79. The number of phenols is 1. The molecule has 2 aromatic carbocycles. The first kappa shape index (κ1) is 22.9. The van der Waals surface area contributed by atoms with Gasteiger partial charge in [0.25, 0.3) is 0 Å². The second kappa shape index (κ2) is 9.55. The molecule has 0 aliphatic heterocycles. The fraction of sp³-hybridized carbons (Fsp3) is 0.292. The number of rotatable bonds is 8. The fourth-order valence-corrected chi connectivity index (χ4v) is 3.23. The number of hydrogen-bond acceptors (Lipinski definition) is 8. The van der Waals surface area contributed by atoms with Crippen LogP contribution < -0.4 is 29.1 Å². The maximum atomic E-state index is 13.4.